The Bertz CT molecular complexity index is 391. The number of carbonyl (C=O) groups is 1. The van der Waals surface area contributed by atoms with E-state index in [0.29, 0.717) is 18.1 Å². The number of allylic oxidation sites excluding steroid dienone is 1. The van der Waals surface area contributed by atoms with Crippen LogP contribution in [0, 0.1) is 5.92 Å². The average molecular weight is 214 g/mol. The third kappa shape index (κ3) is 2.08. The van der Waals surface area contributed by atoms with E-state index in [4.69, 9.17) is 0 Å². The normalized spacial score (nSPS) is 24.7. The fraction of sp³-hybridized carbons (Fsp3) is 0.400. The molecule has 1 aromatic rings. The summed E-state index contributed by atoms with van der Waals surface area (Å²) in [6.07, 6.45) is 2.49. The predicted molar refractivity (Wildman–Crippen MR) is 66.3 cm³/mol. The zero-order valence-electron chi connectivity index (χ0n) is 9.78. The van der Waals surface area contributed by atoms with Crippen LogP contribution in [0.5, 0.6) is 0 Å². The lowest BCUT2D eigenvalue weighted by molar-refractivity contribution is -0.122. The van der Waals surface area contributed by atoms with E-state index < -0.39 is 0 Å². The summed E-state index contributed by atoms with van der Waals surface area (Å²) in [7, 11) is 0. The van der Waals surface area contributed by atoms with E-state index in [0.717, 1.165) is 12.8 Å². The van der Waals surface area contributed by atoms with Crippen LogP contribution in [0.4, 0.5) is 0 Å². The molecule has 1 heteroatoms. The van der Waals surface area contributed by atoms with E-state index in [9.17, 15) is 4.79 Å². The first-order chi connectivity index (χ1) is 7.72. The molecule has 1 fully saturated rings. The van der Waals surface area contributed by atoms with Gasteiger partial charge >= 0.3 is 0 Å². The van der Waals surface area contributed by atoms with Crippen LogP contribution >= 0.6 is 0 Å². The Labute approximate surface area is 97.2 Å². The van der Waals surface area contributed by atoms with Gasteiger partial charge in [0.2, 0.25) is 0 Å². The molecule has 0 spiro atoms. The standard InChI is InChI=1S/C15H18O/c1-3-15(16)14-10-11(2)9-13(14)12-7-5-4-6-8-12/h4-8,13-14H,2-3,9-10H2,1H3/t13-,14+/m0/s1. The van der Waals surface area contributed by atoms with E-state index in [1.807, 2.05) is 25.1 Å². The maximum absolute atomic E-state index is 11.9. The summed E-state index contributed by atoms with van der Waals surface area (Å²) < 4.78 is 0. The molecule has 0 radical (unpaired) electrons. The Kier molecular flexibility index (Phi) is 3.23. The maximum Gasteiger partial charge on any atom is 0.136 e. The van der Waals surface area contributed by atoms with Crippen molar-refractivity contribution >= 4 is 5.78 Å². The number of Topliss-reactive ketones (excluding diaryl/α,β-unsaturated/α-hetero) is 1. The number of benzene rings is 1. The zero-order chi connectivity index (χ0) is 11.5. The molecule has 0 aliphatic heterocycles. The van der Waals surface area contributed by atoms with Crippen LogP contribution in [0.1, 0.15) is 37.7 Å². The van der Waals surface area contributed by atoms with Crippen molar-refractivity contribution in [1.82, 2.24) is 0 Å². The lowest BCUT2D eigenvalue weighted by atomic mass is 9.85. The van der Waals surface area contributed by atoms with Gasteiger partial charge in [0.05, 0.1) is 0 Å². The second kappa shape index (κ2) is 4.65. The number of ketones is 1. The third-order valence-corrected chi connectivity index (χ3v) is 3.49. The van der Waals surface area contributed by atoms with Gasteiger partial charge in [0, 0.05) is 12.3 Å². The molecule has 84 valence electrons. The van der Waals surface area contributed by atoms with Gasteiger partial charge in [-0.1, -0.05) is 49.4 Å². The van der Waals surface area contributed by atoms with Crippen LogP contribution in [-0.2, 0) is 4.79 Å². The van der Waals surface area contributed by atoms with Gasteiger partial charge < -0.3 is 0 Å². The number of carbonyl (C=O) groups excluding carboxylic acids is 1. The molecule has 0 heterocycles. The molecule has 0 amide bonds. The van der Waals surface area contributed by atoms with Crippen LogP contribution in [-0.4, -0.2) is 5.78 Å². The second-order valence-electron chi connectivity index (χ2n) is 4.60. The van der Waals surface area contributed by atoms with Crippen LogP contribution in [0.2, 0.25) is 0 Å². The van der Waals surface area contributed by atoms with Gasteiger partial charge in [0.25, 0.3) is 0 Å². The van der Waals surface area contributed by atoms with Crippen molar-refractivity contribution < 1.29 is 4.79 Å². The van der Waals surface area contributed by atoms with Crippen molar-refractivity contribution in [2.75, 3.05) is 0 Å². The van der Waals surface area contributed by atoms with Gasteiger partial charge in [-0.3, -0.25) is 4.79 Å². The summed E-state index contributed by atoms with van der Waals surface area (Å²) in [5.41, 5.74) is 2.51. The second-order valence-corrected chi connectivity index (χ2v) is 4.60. The molecule has 2 atom stereocenters. The molecule has 1 saturated carbocycles. The highest BCUT2D eigenvalue weighted by atomic mass is 16.1. The molecule has 0 unspecified atom stereocenters. The summed E-state index contributed by atoms with van der Waals surface area (Å²) in [6, 6.07) is 10.4. The minimum Gasteiger partial charge on any atom is -0.299 e. The summed E-state index contributed by atoms with van der Waals surface area (Å²) in [5.74, 6) is 0.911. The lowest BCUT2D eigenvalue weighted by Crippen LogP contribution is -2.16. The predicted octanol–water partition coefficient (Wildman–Crippen LogP) is 3.72. The quantitative estimate of drug-likeness (QED) is 0.701. The maximum atomic E-state index is 11.9. The van der Waals surface area contributed by atoms with Crippen molar-refractivity contribution in [2.45, 2.75) is 32.1 Å². The molecule has 2 rings (SSSR count). The van der Waals surface area contributed by atoms with Gasteiger partial charge in [-0.25, -0.2) is 0 Å². The minimum absolute atomic E-state index is 0.167. The fourth-order valence-electron chi connectivity index (χ4n) is 2.64. The lowest BCUT2D eigenvalue weighted by Gasteiger charge is -2.17. The number of rotatable bonds is 3. The van der Waals surface area contributed by atoms with Gasteiger partial charge in [-0.05, 0) is 24.3 Å². The Morgan fingerprint density at radius 3 is 2.62 bits per heavy atom. The molecule has 0 aromatic heterocycles. The van der Waals surface area contributed by atoms with Crippen molar-refractivity contribution in [3.05, 3.63) is 48.0 Å². The first kappa shape index (κ1) is 11.1. The highest BCUT2D eigenvalue weighted by Crippen LogP contribution is 2.42. The Hall–Kier alpha value is -1.37. The van der Waals surface area contributed by atoms with Crippen molar-refractivity contribution in [3.8, 4) is 0 Å². The summed E-state index contributed by atoms with van der Waals surface area (Å²) in [6.45, 7) is 5.99. The molecule has 1 nitrogen and oxygen atoms in total. The fourth-order valence-corrected chi connectivity index (χ4v) is 2.64. The van der Waals surface area contributed by atoms with E-state index >= 15 is 0 Å². The Balaban J connectivity index is 2.26. The summed E-state index contributed by atoms with van der Waals surface area (Å²) in [5, 5.41) is 0. The monoisotopic (exact) mass is 214 g/mol. The van der Waals surface area contributed by atoms with E-state index in [1.54, 1.807) is 0 Å². The Morgan fingerprint density at radius 1 is 1.31 bits per heavy atom. The highest BCUT2D eigenvalue weighted by molar-refractivity contribution is 5.82. The minimum atomic E-state index is 0.167. The van der Waals surface area contributed by atoms with Gasteiger partial charge in [0.15, 0.2) is 0 Å². The molecule has 1 aliphatic rings. The summed E-state index contributed by atoms with van der Waals surface area (Å²) >= 11 is 0. The van der Waals surface area contributed by atoms with Gasteiger partial charge in [0.1, 0.15) is 5.78 Å². The van der Waals surface area contributed by atoms with Crippen molar-refractivity contribution in [2.24, 2.45) is 5.92 Å². The van der Waals surface area contributed by atoms with Crippen LogP contribution in [0.3, 0.4) is 0 Å². The van der Waals surface area contributed by atoms with Crippen LogP contribution in [0.25, 0.3) is 0 Å². The smallest absolute Gasteiger partial charge is 0.136 e. The first-order valence-corrected chi connectivity index (χ1v) is 5.96. The molecular formula is C15H18O. The van der Waals surface area contributed by atoms with E-state index in [-0.39, 0.29) is 5.92 Å². The van der Waals surface area contributed by atoms with Gasteiger partial charge in [-0.2, -0.15) is 0 Å². The largest absolute Gasteiger partial charge is 0.299 e. The molecule has 1 aromatic carbocycles. The molecular weight excluding hydrogens is 196 g/mol. The van der Waals surface area contributed by atoms with Gasteiger partial charge in [-0.15, -0.1) is 0 Å². The Morgan fingerprint density at radius 2 is 2.00 bits per heavy atom. The molecule has 0 N–H and O–H groups in total. The van der Waals surface area contributed by atoms with E-state index in [2.05, 4.69) is 18.7 Å². The molecule has 16 heavy (non-hydrogen) atoms. The van der Waals surface area contributed by atoms with E-state index in [1.165, 1.54) is 11.1 Å². The molecule has 0 saturated heterocycles. The van der Waals surface area contributed by atoms with Crippen LogP contribution < -0.4 is 0 Å². The average Bonchev–Trinajstić information content (AvgIpc) is 2.71. The topological polar surface area (TPSA) is 17.1 Å². The molecule has 0 bridgehead atoms. The number of hydrogen-bond donors (Lipinski definition) is 0. The zero-order valence-corrected chi connectivity index (χ0v) is 9.78. The van der Waals surface area contributed by atoms with Crippen molar-refractivity contribution in [1.29, 1.82) is 0 Å². The summed E-state index contributed by atoms with van der Waals surface area (Å²) in [4.78, 5) is 11.9. The number of hydrogen-bond acceptors (Lipinski definition) is 1. The first-order valence-electron chi connectivity index (χ1n) is 5.96. The van der Waals surface area contributed by atoms with Crippen LogP contribution in [0.15, 0.2) is 42.5 Å². The molecule has 1 aliphatic carbocycles. The highest BCUT2D eigenvalue weighted by Gasteiger charge is 2.34. The van der Waals surface area contributed by atoms with Crippen molar-refractivity contribution in [3.63, 3.8) is 0 Å². The SMILES string of the molecule is C=C1C[C@@H](C(=O)CC)[C@H](c2ccccc2)C1. The third-order valence-electron chi connectivity index (χ3n) is 3.49.